The smallest absolute Gasteiger partial charge is 0.244 e. The maximum Gasteiger partial charge on any atom is 0.244 e. The number of anilines is 1. The molecule has 0 saturated carbocycles. The van der Waals surface area contributed by atoms with Crippen LogP contribution in [0.1, 0.15) is 5.56 Å². The number of ether oxygens (including phenoxy) is 1. The van der Waals surface area contributed by atoms with E-state index in [0.29, 0.717) is 18.8 Å². The standard InChI is InChI=1S/C19H22N2O3S2/c22-26(23)19-7-6-17(21-8-10-25-11-9-21)13-18(19)24-14-16(20-26)12-15-4-2-1-3-5-15/h1-7,13,16,20H,8-12,14H2/t16-/m1/s1. The summed E-state index contributed by atoms with van der Waals surface area (Å²) in [6.45, 7) is 2.27. The van der Waals surface area contributed by atoms with E-state index < -0.39 is 10.0 Å². The molecule has 1 saturated heterocycles. The number of benzene rings is 2. The molecule has 2 aromatic rings. The second-order valence-corrected chi connectivity index (χ2v) is 9.46. The Balaban J connectivity index is 1.57. The molecule has 0 bridgehead atoms. The Kier molecular flexibility index (Phi) is 5.11. The molecule has 138 valence electrons. The fraction of sp³-hybridized carbons (Fsp3) is 0.368. The number of sulfonamides is 1. The third-order valence-corrected chi connectivity index (χ3v) is 7.18. The van der Waals surface area contributed by atoms with Crippen LogP contribution < -0.4 is 14.4 Å². The SMILES string of the molecule is O=S1(=O)N[C@H](Cc2ccccc2)COc2cc(N3CCSCC3)ccc21. The van der Waals surface area contributed by atoms with Crippen molar-refractivity contribution in [3.63, 3.8) is 0 Å². The Bertz CT molecular complexity index is 866. The van der Waals surface area contributed by atoms with Gasteiger partial charge in [0, 0.05) is 36.3 Å². The highest BCUT2D eigenvalue weighted by Crippen LogP contribution is 2.32. The van der Waals surface area contributed by atoms with Crippen molar-refractivity contribution in [1.29, 1.82) is 0 Å². The van der Waals surface area contributed by atoms with Crippen LogP contribution in [0.5, 0.6) is 5.75 Å². The molecule has 0 amide bonds. The van der Waals surface area contributed by atoms with Crippen molar-refractivity contribution in [3.05, 3.63) is 54.1 Å². The monoisotopic (exact) mass is 390 g/mol. The molecule has 4 rings (SSSR count). The van der Waals surface area contributed by atoms with Crippen LogP contribution in [0.15, 0.2) is 53.4 Å². The lowest BCUT2D eigenvalue weighted by Gasteiger charge is -2.28. The third-order valence-electron chi connectivity index (χ3n) is 4.68. The van der Waals surface area contributed by atoms with E-state index >= 15 is 0 Å². The Labute approximate surface area is 158 Å². The van der Waals surface area contributed by atoms with Crippen LogP contribution in [0.4, 0.5) is 5.69 Å². The second kappa shape index (κ2) is 7.50. The third kappa shape index (κ3) is 3.84. The van der Waals surface area contributed by atoms with E-state index in [0.717, 1.165) is 35.8 Å². The summed E-state index contributed by atoms with van der Waals surface area (Å²) >= 11 is 1.95. The molecule has 0 unspecified atom stereocenters. The zero-order valence-electron chi connectivity index (χ0n) is 14.4. The summed E-state index contributed by atoms with van der Waals surface area (Å²) in [6.07, 6.45) is 0.601. The van der Waals surface area contributed by atoms with Gasteiger partial charge in [0.05, 0.1) is 6.04 Å². The van der Waals surface area contributed by atoms with E-state index in [1.165, 1.54) is 0 Å². The van der Waals surface area contributed by atoms with Gasteiger partial charge in [-0.05, 0) is 24.1 Å². The summed E-state index contributed by atoms with van der Waals surface area (Å²) in [4.78, 5) is 2.51. The van der Waals surface area contributed by atoms with Crippen molar-refractivity contribution in [1.82, 2.24) is 4.72 Å². The van der Waals surface area contributed by atoms with E-state index in [4.69, 9.17) is 4.74 Å². The minimum atomic E-state index is -3.59. The minimum Gasteiger partial charge on any atom is -0.490 e. The summed E-state index contributed by atoms with van der Waals surface area (Å²) in [5.74, 6) is 2.64. The summed E-state index contributed by atoms with van der Waals surface area (Å²) < 4.78 is 34.3. The van der Waals surface area contributed by atoms with Crippen LogP contribution in [0.2, 0.25) is 0 Å². The number of rotatable bonds is 3. The molecule has 1 fully saturated rings. The van der Waals surface area contributed by atoms with Gasteiger partial charge in [0.15, 0.2) is 0 Å². The molecule has 2 aliphatic rings. The van der Waals surface area contributed by atoms with E-state index in [2.05, 4.69) is 9.62 Å². The Morgan fingerprint density at radius 3 is 2.65 bits per heavy atom. The predicted molar refractivity (Wildman–Crippen MR) is 106 cm³/mol. The van der Waals surface area contributed by atoms with Gasteiger partial charge in [0.25, 0.3) is 0 Å². The van der Waals surface area contributed by atoms with Crippen LogP contribution >= 0.6 is 11.8 Å². The molecule has 1 atom stereocenters. The first-order valence-electron chi connectivity index (χ1n) is 8.78. The number of nitrogens with zero attached hydrogens (tertiary/aromatic N) is 1. The van der Waals surface area contributed by atoms with Gasteiger partial charge < -0.3 is 9.64 Å². The molecular formula is C19H22N2O3S2. The fourth-order valence-electron chi connectivity index (χ4n) is 3.36. The van der Waals surface area contributed by atoms with Crippen molar-refractivity contribution < 1.29 is 13.2 Å². The first-order valence-corrected chi connectivity index (χ1v) is 11.4. The van der Waals surface area contributed by atoms with Gasteiger partial charge in [0.1, 0.15) is 17.3 Å². The van der Waals surface area contributed by atoms with Gasteiger partial charge in [-0.15, -0.1) is 0 Å². The maximum absolute atomic E-state index is 12.8. The fourth-order valence-corrected chi connectivity index (χ4v) is 5.61. The maximum atomic E-state index is 12.8. The van der Waals surface area contributed by atoms with Crippen LogP contribution in [0, 0.1) is 0 Å². The average Bonchev–Trinajstić information content (AvgIpc) is 2.79. The highest BCUT2D eigenvalue weighted by atomic mass is 32.2. The first kappa shape index (κ1) is 17.7. The van der Waals surface area contributed by atoms with Crippen molar-refractivity contribution >= 4 is 27.5 Å². The topological polar surface area (TPSA) is 58.6 Å². The van der Waals surface area contributed by atoms with Crippen LogP contribution in [0.3, 0.4) is 0 Å². The highest BCUT2D eigenvalue weighted by molar-refractivity contribution is 7.99. The number of fused-ring (bicyclic) bond motifs is 1. The van der Waals surface area contributed by atoms with Crippen molar-refractivity contribution in [3.8, 4) is 5.75 Å². The van der Waals surface area contributed by atoms with Crippen molar-refractivity contribution in [2.24, 2.45) is 0 Å². The Morgan fingerprint density at radius 1 is 1.12 bits per heavy atom. The van der Waals surface area contributed by atoms with Crippen LogP contribution in [-0.4, -0.2) is 45.7 Å². The number of nitrogens with one attached hydrogen (secondary N) is 1. The molecule has 5 nitrogen and oxygen atoms in total. The molecule has 2 heterocycles. The lowest BCUT2D eigenvalue weighted by Crippen LogP contribution is -2.38. The lowest BCUT2D eigenvalue weighted by atomic mass is 10.1. The first-order chi connectivity index (χ1) is 12.6. The number of thioether (sulfide) groups is 1. The van der Waals surface area contributed by atoms with Crippen molar-refractivity contribution in [2.75, 3.05) is 36.1 Å². The summed E-state index contributed by atoms with van der Waals surface area (Å²) in [7, 11) is -3.59. The van der Waals surface area contributed by atoms with Gasteiger partial charge in [-0.3, -0.25) is 0 Å². The molecule has 2 aliphatic heterocycles. The largest absolute Gasteiger partial charge is 0.490 e. The normalized spacial score (nSPS) is 22.2. The molecule has 0 aliphatic carbocycles. The van der Waals surface area contributed by atoms with Gasteiger partial charge in [-0.1, -0.05) is 30.3 Å². The molecular weight excluding hydrogens is 368 g/mol. The second-order valence-electron chi connectivity index (χ2n) is 6.55. The van der Waals surface area contributed by atoms with Crippen LogP contribution in [0.25, 0.3) is 0 Å². The summed E-state index contributed by atoms with van der Waals surface area (Å²) in [5.41, 5.74) is 2.11. The molecule has 0 spiro atoms. The summed E-state index contributed by atoms with van der Waals surface area (Å²) in [6, 6.07) is 15.0. The average molecular weight is 391 g/mol. The Hall–Kier alpha value is -1.70. The van der Waals surface area contributed by atoms with E-state index in [9.17, 15) is 8.42 Å². The number of hydrogen-bond acceptors (Lipinski definition) is 5. The zero-order valence-corrected chi connectivity index (χ0v) is 16.1. The summed E-state index contributed by atoms with van der Waals surface area (Å²) in [5, 5.41) is 0. The minimum absolute atomic E-state index is 0.225. The molecule has 7 heteroatoms. The molecule has 0 aromatic heterocycles. The zero-order chi connectivity index (χ0) is 18.0. The molecule has 26 heavy (non-hydrogen) atoms. The Morgan fingerprint density at radius 2 is 1.88 bits per heavy atom. The van der Waals surface area contributed by atoms with E-state index in [1.807, 2.05) is 54.2 Å². The van der Waals surface area contributed by atoms with Gasteiger partial charge in [-0.25, -0.2) is 13.1 Å². The van der Waals surface area contributed by atoms with E-state index in [1.54, 1.807) is 6.07 Å². The molecule has 1 N–H and O–H groups in total. The van der Waals surface area contributed by atoms with Gasteiger partial charge in [-0.2, -0.15) is 11.8 Å². The lowest BCUT2D eigenvalue weighted by molar-refractivity contribution is 0.279. The van der Waals surface area contributed by atoms with Crippen LogP contribution in [-0.2, 0) is 16.4 Å². The molecule has 0 radical (unpaired) electrons. The quantitative estimate of drug-likeness (QED) is 0.873. The highest BCUT2D eigenvalue weighted by Gasteiger charge is 2.29. The number of hydrogen-bond donors (Lipinski definition) is 1. The molecule has 2 aromatic carbocycles. The predicted octanol–water partition coefficient (Wildman–Crippen LogP) is 2.52. The van der Waals surface area contributed by atoms with E-state index in [-0.39, 0.29) is 10.9 Å². The van der Waals surface area contributed by atoms with Gasteiger partial charge in [0.2, 0.25) is 10.0 Å². The van der Waals surface area contributed by atoms with Gasteiger partial charge >= 0.3 is 0 Å². The van der Waals surface area contributed by atoms with Crippen molar-refractivity contribution in [2.45, 2.75) is 17.4 Å².